The van der Waals surface area contributed by atoms with E-state index in [2.05, 4.69) is 0 Å². The standard InChI is InChI=1S/C9H7ClN2O4.C7H4ClNO3/c1-6(11(13)14)4-7-2-3-8(10)9(5-7)12(15)16;8-6-2-1-5(4-10)3-7(6)9(11)12/h2-5H,1H3;1-4H/b6-4+;. The Balaban J connectivity index is 0.000000292. The number of hydrogen-bond acceptors (Lipinski definition) is 7. The van der Waals surface area contributed by atoms with E-state index < -0.39 is 14.8 Å². The van der Waals surface area contributed by atoms with Crippen LogP contribution in [0.2, 0.25) is 10.0 Å². The van der Waals surface area contributed by atoms with Crippen molar-refractivity contribution in [1.82, 2.24) is 0 Å². The number of hydrogen-bond donors (Lipinski definition) is 0. The summed E-state index contributed by atoms with van der Waals surface area (Å²) in [6.45, 7) is 1.31. The third-order valence-corrected chi connectivity index (χ3v) is 3.77. The van der Waals surface area contributed by atoms with Crippen molar-refractivity contribution in [2.24, 2.45) is 0 Å². The number of aldehydes is 1. The summed E-state index contributed by atoms with van der Waals surface area (Å²) < 4.78 is 0. The van der Waals surface area contributed by atoms with E-state index in [0.29, 0.717) is 11.8 Å². The van der Waals surface area contributed by atoms with Crippen molar-refractivity contribution in [1.29, 1.82) is 0 Å². The fraction of sp³-hybridized carbons (Fsp3) is 0.0625. The first-order valence-electron chi connectivity index (χ1n) is 7.22. The van der Waals surface area contributed by atoms with Crippen molar-refractivity contribution in [3.8, 4) is 0 Å². The second-order valence-corrected chi connectivity index (χ2v) is 5.91. The fourth-order valence-electron chi connectivity index (χ4n) is 1.80. The molecule has 0 spiro atoms. The van der Waals surface area contributed by atoms with Crippen LogP contribution in [0.1, 0.15) is 22.8 Å². The Labute approximate surface area is 167 Å². The largest absolute Gasteiger partial charge is 0.298 e. The van der Waals surface area contributed by atoms with Gasteiger partial charge in [-0.1, -0.05) is 29.3 Å². The van der Waals surface area contributed by atoms with Crippen LogP contribution < -0.4 is 0 Å². The minimum atomic E-state index is -0.638. The Morgan fingerprint density at radius 3 is 1.68 bits per heavy atom. The average molecular weight is 428 g/mol. The zero-order valence-corrected chi connectivity index (χ0v) is 15.6. The summed E-state index contributed by atoms with van der Waals surface area (Å²) in [5.41, 5.74) is -0.0131. The molecule has 10 nitrogen and oxygen atoms in total. The van der Waals surface area contributed by atoms with Crippen molar-refractivity contribution in [2.45, 2.75) is 6.92 Å². The fourth-order valence-corrected chi connectivity index (χ4v) is 2.17. The Bertz CT molecular complexity index is 977. The topological polar surface area (TPSA) is 146 Å². The lowest BCUT2D eigenvalue weighted by Gasteiger charge is -1.97. The molecule has 0 aliphatic rings. The second-order valence-electron chi connectivity index (χ2n) is 5.10. The van der Waals surface area contributed by atoms with Crippen LogP contribution in [0.3, 0.4) is 0 Å². The number of nitrogens with zero attached hydrogens (tertiary/aromatic N) is 3. The van der Waals surface area contributed by atoms with Gasteiger partial charge < -0.3 is 0 Å². The zero-order valence-electron chi connectivity index (χ0n) is 14.1. The van der Waals surface area contributed by atoms with Gasteiger partial charge in [-0.3, -0.25) is 35.1 Å². The number of carbonyl (C=O) groups is 1. The Morgan fingerprint density at radius 2 is 1.29 bits per heavy atom. The molecule has 28 heavy (non-hydrogen) atoms. The maximum atomic E-state index is 10.6. The summed E-state index contributed by atoms with van der Waals surface area (Å²) >= 11 is 11.1. The monoisotopic (exact) mass is 427 g/mol. The van der Waals surface area contributed by atoms with Gasteiger partial charge in [0.2, 0.25) is 5.70 Å². The number of halogens is 2. The summed E-state index contributed by atoms with van der Waals surface area (Å²) in [6, 6.07) is 7.87. The van der Waals surface area contributed by atoms with E-state index in [0.717, 1.165) is 6.07 Å². The Kier molecular flexibility index (Phi) is 8.17. The first-order chi connectivity index (χ1) is 13.1. The predicted molar refractivity (Wildman–Crippen MR) is 102 cm³/mol. The molecule has 2 aromatic carbocycles. The maximum absolute atomic E-state index is 10.6. The van der Waals surface area contributed by atoms with Gasteiger partial charge in [-0.05, 0) is 23.8 Å². The van der Waals surface area contributed by atoms with Crippen molar-refractivity contribution in [3.05, 3.63) is 93.6 Å². The highest BCUT2D eigenvalue weighted by molar-refractivity contribution is 6.33. The molecule has 0 N–H and O–H groups in total. The van der Waals surface area contributed by atoms with E-state index >= 15 is 0 Å². The van der Waals surface area contributed by atoms with Crippen LogP contribution in [0.15, 0.2) is 42.1 Å². The van der Waals surface area contributed by atoms with Gasteiger partial charge in [-0.15, -0.1) is 0 Å². The molecule has 0 fully saturated rings. The average Bonchev–Trinajstić information content (AvgIpc) is 2.63. The molecule has 12 heteroatoms. The molecule has 0 saturated carbocycles. The van der Waals surface area contributed by atoms with E-state index in [9.17, 15) is 35.1 Å². The first kappa shape index (κ1) is 22.7. The quantitative estimate of drug-likeness (QED) is 0.372. The lowest BCUT2D eigenvalue weighted by Crippen LogP contribution is -1.94. The van der Waals surface area contributed by atoms with Crippen LogP contribution in [0.5, 0.6) is 0 Å². The smallest absolute Gasteiger partial charge is 0.288 e. The van der Waals surface area contributed by atoms with Gasteiger partial charge in [0, 0.05) is 30.7 Å². The lowest BCUT2D eigenvalue weighted by atomic mass is 10.2. The van der Waals surface area contributed by atoms with E-state index in [-0.39, 0.29) is 32.7 Å². The number of allylic oxidation sites excluding steroid dienone is 1. The van der Waals surface area contributed by atoms with E-state index in [4.69, 9.17) is 23.2 Å². The molecule has 0 unspecified atom stereocenters. The van der Waals surface area contributed by atoms with Gasteiger partial charge in [-0.25, -0.2) is 0 Å². The SMILES string of the molecule is C/C(=C\c1ccc(Cl)c([N+](=O)[O-])c1)[N+](=O)[O-].O=Cc1ccc(Cl)c([N+](=O)[O-])c1. The summed E-state index contributed by atoms with van der Waals surface area (Å²) in [7, 11) is 0. The highest BCUT2D eigenvalue weighted by Crippen LogP contribution is 2.26. The summed E-state index contributed by atoms with van der Waals surface area (Å²) in [5.74, 6) is 0. The van der Waals surface area contributed by atoms with Gasteiger partial charge in [-0.2, -0.15) is 0 Å². The van der Waals surface area contributed by atoms with Crippen LogP contribution in [0.25, 0.3) is 6.08 Å². The molecule has 0 amide bonds. The third kappa shape index (κ3) is 6.41. The van der Waals surface area contributed by atoms with Crippen molar-refractivity contribution >= 4 is 46.9 Å². The van der Waals surface area contributed by atoms with Crippen LogP contribution in [0, 0.1) is 30.3 Å². The van der Waals surface area contributed by atoms with Gasteiger partial charge in [0.1, 0.15) is 16.3 Å². The molecule has 0 saturated heterocycles. The van der Waals surface area contributed by atoms with Crippen LogP contribution in [-0.4, -0.2) is 21.1 Å². The number of rotatable bonds is 5. The zero-order chi connectivity index (χ0) is 21.4. The molecule has 0 heterocycles. The number of nitro benzene ring substituents is 2. The molecule has 2 aromatic rings. The summed E-state index contributed by atoms with van der Waals surface area (Å²) in [5, 5.41) is 31.3. The molecule has 0 aliphatic carbocycles. The molecule has 146 valence electrons. The van der Waals surface area contributed by atoms with Crippen molar-refractivity contribution in [3.63, 3.8) is 0 Å². The lowest BCUT2D eigenvalue weighted by molar-refractivity contribution is -0.422. The Hall–Kier alpha value is -3.37. The highest BCUT2D eigenvalue weighted by atomic mass is 35.5. The Morgan fingerprint density at radius 1 is 0.857 bits per heavy atom. The molecule has 0 aliphatic heterocycles. The van der Waals surface area contributed by atoms with Gasteiger partial charge in [0.25, 0.3) is 11.4 Å². The molecule has 0 bridgehead atoms. The molecule has 0 radical (unpaired) electrons. The van der Waals surface area contributed by atoms with E-state index in [1.807, 2.05) is 0 Å². The number of nitro groups is 3. The maximum Gasteiger partial charge on any atom is 0.288 e. The van der Waals surface area contributed by atoms with Gasteiger partial charge in [0.05, 0.1) is 14.8 Å². The van der Waals surface area contributed by atoms with Crippen LogP contribution in [0.4, 0.5) is 11.4 Å². The number of carbonyl (C=O) groups excluding carboxylic acids is 1. The van der Waals surface area contributed by atoms with Crippen molar-refractivity contribution < 1.29 is 19.6 Å². The third-order valence-electron chi connectivity index (χ3n) is 3.13. The van der Waals surface area contributed by atoms with Gasteiger partial charge in [0.15, 0.2) is 0 Å². The predicted octanol–water partition coefficient (Wildman–Crippen LogP) is 4.95. The molecular weight excluding hydrogens is 417 g/mol. The highest BCUT2D eigenvalue weighted by Gasteiger charge is 2.13. The normalized spacial score (nSPS) is 10.5. The van der Waals surface area contributed by atoms with Crippen LogP contribution >= 0.6 is 23.2 Å². The molecular formula is C16H11Cl2N3O7. The molecule has 0 atom stereocenters. The van der Waals surface area contributed by atoms with E-state index in [1.54, 1.807) is 0 Å². The summed E-state index contributed by atoms with van der Waals surface area (Å²) in [4.78, 5) is 39.6. The van der Waals surface area contributed by atoms with E-state index in [1.165, 1.54) is 43.3 Å². The minimum Gasteiger partial charge on any atom is -0.298 e. The molecule has 0 aromatic heterocycles. The van der Waals surface area contributed by atoms with Gasteiger partial charge >= 0.3 is 0 Å². The minimum absolute atomic E-state index is 0.000839. The second kappa shape index (κ2) is 10.1. The summed E-state index contributed by atoms with van der Waals surface area (Å²) in [6.07, 6.45) is 1.77. The molecule has 2 rings (SSSR count). The first-order valence-corrected chi connectivity index (χ1v) is 7.98. The van der Waals surface area contributed by atoms with Crippen molar-refractivity contribution in [2.75, 3.05) is 0 Å². The number of benzene rings is 2. The van der Waals surface area contributed by atoms with Crippen LogP contribution in [-0.2, 0) is 0 Å².